The van der Waals surface area contributed by atoms with Gasteiger partial charge in [-0.05, 0) is 72.6 Å². The molecule has 0 aliphatic rings. The molecule has 1 aromatic carbocycles. The number of aliphatic imine (C=N–C) groups is 1. The molecule has 8 nitrogen and oxygen atoms in total. The SMILES string of the molecule is CCNC(=O)C(C)(C)CN=C(NCC)NCCc1ccc(NC(=O)OC(C)(C)C)cc1. The summed E-state index contributed by atoms with van der Waals surface area (Å²) in [6, 6.07) is 7.65. The van der Waals surface area contributed by atoms with E-state index in [4.69, 9.17) is 4.74 Å². The Labute approximate surface area is 186 Å². The number of rotatable bonds is 9. The average molecular weight is 434 g/mol. The molecular formula is C23H39N5O3. The summed E-state index contributed by atoms with van der Waals surface area (Å²) in [6.45, 7) is 15.6. The molecule has 0 unspecified atom stereocenters. The minimum atomic E-state index is -0.574. The van der Waals surface area contributed by atoms with Crippen LogP contribution in [0.5, 0.6) is 0 Å². The third kappa shape index (κ3) is 10.7. The van der Waals surface area contributed by atoms with Crippen molar-refractivity contribution in [3.05, 3.63) is 29.8 Å². The van der Waals surface area contributed by atoms with Crippen LogP contribution in [0, 0.1) is 5.41 Å². The average Bonchev–Trinajstić information content (AvgIpc) is 2.66. The van der Waals surface area contributed by atoms with E-state index in [1.54, 1.807) is 0 Å². The lowest BCUT2D eigenvalue weighted by atomic mass is 9.92. The summed E-state index contributed by atoms with van der Waals surface area (Å²) in [6.07, 6.45) is 0.320. The highest BCUT2D eigenvalue weighted by Gasteiger charge is 2.26. The molecule has 8 heteroatoms. The topological polar surface area (TPSA) is 104 Å². The monoisotopic (exact) mass is 433 g/mol. The van der Waals surface area contributed by atoms with Gasteiger partial charge in [-0.25, -0.2) is 4.79 Å². The molecule has 0 atom stereocenters. The van der Waals surface area contributed by atoms with E-state index >= 15 is 0 Å². The molecule has 0 bridgehead atoms. The summed E-state index contributed by atoms with van der Waals surface area (Å²) >= 11 is 0. The van der Waals surface area contributed by atoms with Crippen LogP contribution in [0.3, 0.4) is 0 Å². The smallest absolute Gasteiger partial charge is 0.412 e. The fourth-order valence-corrected chi connectivity index (χ4v) is 2.59. The molecule has 0 fully saturated rings. The van der Waals surface area contributed by atoms with Gasteiger partial charge in [-0.2, -0.15) is 0 Å². The van der Waals surface area contributed by atoms with Crippen LogP contribution in [0.2, 0.25) is 0 Å². The molecule has 0 radical (unpaired) electrons. The number of guanidine groups is 1. The zero-order valence-corrected chi connectivity index (χ0v) is 20.0. The molecule has 0 aromatic heterocycles. The van der Waals surface area contributed by atoms with Crippen LogP contribution in [0.15, 0.2) is 29.3 Å². The van der Waals surface area contributed by atoms with E-state index in [2.05, 4.69) is 26.3 Å². The molecule has 1 rings (SSSR count). The van der Waals surface area contributed by atoms with E-state index in [1.165, 1.54) is 0 Å². The van der Waals surface area contributed by atoms with Gasteiger partial charge in [-0.15, -0.1) is 0 Å². The molecule has 0 spiro atoms. The van der Waals surface area contributed by atoms with Crippen molar-refractivity contribution >= 4 is 23.6 Å². The fraction of sp³-hybridized carbons (Fsp3) is 0.609. The Morgan fingerprint density at radius 3 is 2.10 bits per heavy atom. The Hall–Kier alpha value is -2.77. The summed E-state index contributed by atoms with van der Waals surface area (Å²) in [7, 11) is 0. The fourth-order valence-electron chi connectivity index (χ4n) is 2.59. The van der Waals surface area contributed by atoms with Gasteiger partial charge in [0, 0.05) is 25.3 Å². The standard InChI is InChI=1S/C23H39N5O3/c1-8-24-19(29)23(6,7)16-27-20(25-9-2)26-15-14-17-10-12-18(13-11-17)28-21(30)31-22(3,4)5/h10-13H,8-9,14-16H2,1-7H3,(H,24,29)(H,28,30)(H2,25,26,27). The first kappa shape index (κ1) is 26.3. The largest absolute Gasteiger partial charge is 0.444 e. The molecule has 0 aliphatic carbocycles. The highest BCUT2D eigenvalue weighted by molar-refractivity contribution is 5.85. The lowest BCUT2D eigenvalue weighted by molar-refractivity contribution is -0.128. The first-order valence-corrected chi connectivity index (χ1v) is 10.9. The molecule has 0 heterocycles. The number of hydrogen-bond acceptors (Lipinski definition) is 4. The molecule has 2 amide bonds. The number of amides is 2. The quantitative estimate of drug-likeness (QED) is 0.353. The molecule has 174 valence electrons. The predicted octanol–water partition coefficient (Wildman–Crippen LogP) is 3.29. The summed E-state index contributed by atoms with van der Waals surface area (Å²) < 4.78 is 5.26. The zero-order chi connectivity index (χ0) is 23.5. The van der Waals surface area contributed by atoms with Gasteiger partial charge >= 0.3 is 6.09 Å². The van der Waals surface area contributed by atoms with E-state index in [9.17, 15) is 9.59 Å². The van der Waals surface area contributed by atoms with Crippen LogP contribution in [-0.4, -0.2) is 49.7 Å². The van der Waals surface area contributed by atoms with Crippen LogP contribution >= 0.6 is 0 Å². The van der Waals surface area contributed by atoms with Gasteiger partial charge in [0.25, 0.3) is 0 Å². The third-order valence-electron chi connectivity index (χ3n) is 4.23. The lowest BCUT2D eigenvalue weighted by Crippen LogP contribution is -2.42. The van der Waals surface area contributed by atoms with Gasteiger partial charge in [0.2, 0.25) is 5.91 Å². The maximum atomic E-state index is 12.1. The van der Waals surface area contributed by atoms with Gasteiger partial charge < -0.3 is 20.7 Å². The van der Waals surface area contributed by atoms with Crippen LogP contribution < -0.4 is 21.3 Å². The number of nitrogens with one attached hydrogen (secondary N) is 4. The Bertz CT molecular complexity index is 737. The van der Waals surface area contributed by atoms with Crippen molar-refractivity contribution in [2.24, 2.45) is 10.4 Å². The van der Waals surface area contributed by atoms with Gasteiger partial charge in [0.05, 0.1) is 12.0 Å². The molecule has 1 aromatic rings. The number of carbonyl (C=O) groups is 2. The summed E-state index contributed by atoms with van der Waals surface area (Å²) in [5.74, 6) is 0.678. The van der Waals surface area contributed by atoms with Gasteiger partial charge in [0.1, 0.15) is 5.60 Å². The second kappa shape index (κ2) is 12.2. The first-order valence-electron chi connectivity index (χ1n) is 10.9. The second-order valence-corrected chi connectivity index (χ2v) is 8.94. The highest BCUT2D eigenvalue weighted by Crippen LogP contribution is 2.15. The predicted molar refractivity (Wildman–Crippen MR) is 126 cm³/mol. The maximum absolute atomic E-state index is 12.1. The van der Waals surface area contributed by atoms with E-state index in [1.807, 2.05) is 72.7 Å². The highest BCUT2D eigenvalue weighted by atomic mass is 16.6. The lowest BCUT2D eigenvalue weighted by Gasteiger charge is -2.22. The maximum Gasteiger partial charge on any atom is 0.412 e. The van der Waals surface area contributed by atoms with Crippen molar-refractivity contribution in [3.8, 4) is 0 Å². The number of anilines is 1. The zero-order valence-electron chi connectivity index (χ0n) is 20.0. The number of hydrogen-bond donors (Lipinski definition) is 4. The molecule has 0 aliphatic heterocycles. The Balaban J connectivity index is 2.57. The second-order valence-electron chi connectivity index (χ2n) is 8.94. The summed E-state index contributed by atoms with van der Waals surface area (Å²) in [5.41, 5.74) is 0.709. The number of benzene rings is 1. The van der Waals surface area contributed by atoms with E-state index in [-0.39, 0.29) is 5.91 Å². The van der Waals surface area contributed by atoms with Crippen LogP contribution in [-0.2, 0) is 16.0 Å². The van der Waals surface area contributed by atoms with E-state index in [0.29, 0.717) is 31.3 Å². The summed E-state index contributed by atoms with van der Waals surface area (Å²) in [4.78, 5) is 28.6. The number of nitrogens with zero attached hydrogens (tertiary/aromatic N) is 1. The molecule has 31 heavy (non-hydrogen) atoms. The Kier molecular flexibility index (Phi) is 10.3. The van der Waals surface area contributed by atoms with Crippen LogP contribution in [0.25, 0.3) is 0 Å². The number of carbonyl (C=O) groups excluding carboxylic acids is 2. The third-order valence-corrected chi connectivity index (χ3v) is 4.23. The van der Waals surface area contributed by atoms with Crippen molar-refractivity contribution in [1.82, 2.24) is 16.0 Å². The van der Waals surface area contributed by atoms with Crippen molar-refractivity contribution in [2.75, 3.05) is 31.5 Å². The number of ether oxygens (including phenoxy) is 1. The minimum Gasteiger partial charge on any atom is -0.444 e. The van der Waals surface area contributed by atoms with Crippen molar-refractivity contribution in [3.63, 3.8) is 0 Å². The molecule has 4 N–H and O–H groups in total. The molecule has 0 saturated carbocycles. The normalized spacial score (nSPS) is 12.2. The molecule has 0 saturated heterocycles. The Morgan fingerprint density at radius 1 is 0.935 bits per heavy atom. The first-order chi connectivity index (χ1) is 14.5. The van der Waals surface area contributed by atoms with Gasteiger partial charge in [-0.3, -0.25) is 15.1 Å². The van der Waals surface area contributed by atoms with Crippen molar-refractivity contribution in [2.45, 2.75) is 60.5 Å². The van der Waals surface area contributed by atoms with Crippen LogP contribution in [0.4, 0.5) is 10.5 Å². The Morgan fingerprint density at radius 2 is 1.55 bits per heavy atom. The molecular weight excluding hydrogens is 394 g/mol. The van der Waals surface area contributed by atoms with E-state index < -0.39 is 17.1 Å². The van der Waals surface area contributed by atoms with Crippen molar-refractivity contribution in [1.29, 1.82) is 0 Å². The summed E-state index contributed by atoms with van der Waals surface area (Å²) in [5, 5.41) is 12.1. The van der Waals surface area contributed by atoms with Crippen LogP contribution in [0.1, 0.15) is 54.0 Å². The van der Waals surface area contributed by atoms with Crippen molar-refractivity contribution < 1.29 is 14.3 Å². The van der Waals surface area contributed by atoms with Gasteiger partial charge in [0.15, 0.2) is 5.96 Å². The van der Waals surface area contributed by atoms with E-state index in [0.717, 1.165) is 18.5 Å². The minimum absolute atomic E-state index is 0.00493. The van der Waals surface area contributed by atoms with Gasteiger partial charge in [-0.1, -0.05) is 12.1 Å².